The summed E-state index contributed by atoms with van der Waals surface area (Å²) in [5.74, 6) is 0. The summed E-state index contributed by atoms with van der Waals surface area (Å²) >= 11 is 3.24. The largest absolute Gasteiger partial charge is 0.363 e. The number of benzene rings is 1. The van der Waals surface area contributed by atoms with Crippen molar-refractivity contribution in [2.75, 3.05) is 12.4 Å². The van der Waals surface area contributed by atoms with Crippen LogP contribution in [0.5, 0.6) is 0 Å². The lowest BCUT2D eigenvalue weighted by Gasteiger charge is -1.92. The van der Waals surface area contributed by atoms with Crippen molar-refractivity contribution in [2.24, 2.45) is 0 Å². The van der Waals surface area contributed by atoms with Crippen molar-refractivity contribution in [3.63, 3.8) is 0 Å². The van der Waals surface area contributed by atoms with Crippen molar-refractivity contribution in [1.29, 1.82) is 0 Å². The van der Waals surface area contributed by atoms with E-state index in [0.717, 1.165) is 37.7 Å². The molecule has 4 nitrogen and oxygen atoms in total. The minimum Gasteiger partial charge on any atom is -0.363 e. The van der Waals surface area contributed by atoms with Crippen molar-refractivity contribution in [1.82, 2.24) is 15.2 Å². The maximum absolute atomic E-state index is 4.75. The molecule has 2 aromatic heterocycles. The van der Waals surface area contributed by atoms with Crippen LogP contribution < -0.4 is 5.32 Å². The zero-order chi connectivity index (χ0) is 13.9. The van der Waals surface area contributed by atoms with Crippen molar-refractivity contribution < 1.29 is 0 Å². The van der Waals surface area contributed by atoms with Gasteiger partial charge in [0.15, 0.2) is 5.01 Å². The molecule has 3 rings (SSSR count). The van der Waals surface area contributed by atoms with Gasteiger partial charge in [-0.15, -0.1) is 21.5 Å². The maximum atomic E-state index is 4.75. The van der Waals surface area contributed by atoms with Gasteiger partial charge >= 0.3 is 0 Å². The third kappa shape index (κ3) is 2.44. The Labute approximate surface area is 125 Å². The summed E-state index contributed by atoms with van der Waals surface area (Å²) in [5, 5.41) is 14.2. The van der Waals surface area contributed by atoms with Crippen LogP contribution in [0.4, 0.5) is 5.13 Å². The quantitative estimate of drug-likeness (QED) is 0.793. The molecule has 0 bridgehead atoms. The molecule has 0 atom stereocenters. The molecule has 0 amide bonds. The van der Waals surface area contributed by atoms with Gasteiger partial charge in [0.1, 0.15) is 5.01 Å². The zero-order valence-electron chi connectivity index (χ0n) is 11.3. The van der Waals surface area contributed by atoms with Gasteiger partial charge in [-0.25, -0.2) is 4.98 Å². The van der Waals surface area contributed by atoms with Gasteiger partial charge in [-0.1, -0.05) is 48.6 Å². The molecule has 0 spiro atoms. The molecule has 0 aliphatic rings. The Hall–Kier alpha value is -1.79. The number of aromatic nitrogens is 3. The van der Waals surface area contributed by atoms with Crippen molar-refractivity contribution in [2.45, 2.75) is 13.3 Å². The molecule has 0 saturated heterocycles. The highest BCUT2D eigenvalue weighted by molar-refractivity contribution is 7.24. The van der Waals surface area contributed by atoms with Gasteiger partial charge < -0.3 is 5.32 Å². The minimum absolute atomic E-state index is 0.830. The third-order valence-corrected chi connectivity index (χ3v) is 5.13. The summed E-state index contributed by atoms with van der Waals surface area (Å²) in [4.78, 5) is 5.88. The van der Waals surface area contributed by atoms with Crippen molar-refractivity contribution >= 4 is 27.8 Å². The van der Waals surface area contributed by atoms with Gasteiger partial charge in [-0.2, -0.15) is 0 Å². The number of hydrogen-bond donors (Lipinski definition) is 1. The number of hydrogen-bond acceptors (Lipinski definition) is 6. The smallest absolute Gasteiger partial charge is 0.205 e. The number of thiazole rings is 1. The van der Waals surface area contributed by atoms with Crippen LogP contribution in [0.15, 0.2) is 30.3 Å². The third-order valence-electron chi connectivity index (χ3n) is 2.89. The molecule has 0 unspecified atom stereocenters. The number of rotatable bonds is 4. The van der Waals surface area contributed by atoms with E-state index in [9.17, 15) is 0 Å². The van der Waals surface area contributed by atoms with Crippen LogP contribution in [0.25, 0.3) is 20.5 Å². The van der Waals surface area contributed by atoms with E-state index in [1.807, 2.05) is 25.2 Å². The summed E-state index contributed by atoms with van der Waals surface area (Å²) in [6, 6.07) is 10.3. The van der Waals surface area contributed by atoms with Gasteiger partial charge in [0, 0.05) is 12.6 Å². The summed E-state index contributed by atoms with van der Waals surface area (Å²) in [6.45, 7) is 2.12. The summed E-state index contributed by atoms with van der Waals surface area (Å²) in [5.41, 5.74) is 2.24. The van der Waals surface area contributed by atoms with Gasteiger partial charge in [0.25, 0.3) is 0 Å². The molecule has 1 N–H and O–H groups in total. The average Bonchev–Trinajstić information content (AvgIpc) is 3.14. The molecule has 0 radical (unpaired) electrons. The molecule has 102 valence electrons. The fraction of sp³-hybridized carbons (Fsp3) is 0.214. The highest BCUT2D eigenvalue weighted by Gasteiger charge is 2.16. The van der Waals surface area contributed by atoms with E-state index < -0.39 is 0 Å². The lowest BCUT2D eigenvalue weighted by molar-refractivity contribution is 1.05. The molecule has 6 heteroatoms. The van der Waals surface area contributed by atoms with Gasteiger partial charge in [-0.05, 0) is 6.42 Å². The second kappa shape index (κ2) is 5.68. The Morgan fingerprint density at radius 1 is 1.05 bits per heavy atom. The Balaban J connectivity index is 2.05. The molecule has 0 saturated carbocycles. The van der Waals surface area contributed by atoms with E-state index in [2.05, 4.69) is 34.6 Å². The first-order valence-electron chi connectivity index (χ1n) is 6.38. The summed E-state index contributed by atoms with van der Waals surface area (Å²) < 4.78 is 0. The predicted octanol–water partition coefficient (Wildman–Crippen LogP) is 3.93. The highest BCUT2D eigenvalue weighted by Crippen LogP contribution is 2.37. The Morgan fingerprint density at radius 3 is 2.50 bits per heavy atom. The average molecular weight is 302 g/mol. The normalized spacial score (nSPS) is 10.7. The molecule has 0 aliphatic heterocycles. The maximum Gasteiger partial charge on any atom is 0.205 e. The van der Waals surface area contributed by atoms with E-state index in [0.29, 0.717) is 0 Å². The number of anilines is 1. The topological polar surface area (TPSA) is 50.7 Å². The second-order valence-electron chi connectivity index (χ2n) is 4.18. The van der Waals surface area contributed by atoms with Gasteiger partial charge in [0.2, 0.25) is 5.13 Å². The summed E-state index contributed by atoms with van der Waals surface area (Å²) in [7, 11) is 1.85. The SMILES string of the molecule is CCc1nc(-c2ccccc2)sc1-c1nnc(NC)s1. The molecule has 3 aromatic rings. The number of nitrogens with zero attached hydrogens (tertiary/aromatic N) is 3. The Bertz CT molecular complexity index is 703. The van der Waals surface area contributed by atoms with Gasteiger partial charge in [-0.3, -0.25) is 0 Å². The van der Waals surface area contributed by atoms with Crippen LogP contribution >= 0.6 is 22.7 Å². The Kier molecular flexibility index (Phi) is 3.75. The molecule has 0 fully saturated rings. The molecule has 0 aliphatic carbocycles. The Morgan fingerprint density at radius 2 is 1.85 bits per heavy atom. The first-order valence-corrected chi connectivity index (χ1v) is 8.02. The van der Waals surface area contributed by atoms with Crippen molar-refractivity contribution in [3.05, 3.63) is 36.0 Å². The molecular formula is C14H14N4S2. The fourth-order valence-corrected chi connectivity index (χ4v) is 3.83. The van der Waals surface area contributed by atoms with E-state index >= 15 is 0 Å². The molecule has 2 heterocycles. The monoisotopic (exact) mass is 302 g/mol. The van der Waals surface area contributed by atoms with E-state index in [4.69, 9.17) is 4.98 Å². The second-order valence-corrected chi connectivity index (χ2v) is 6.15. The minimum atomic E-state index is 0.830. The first-order chi connectivity index (χ1) is 9.81. The van der Waals surface area contributed by atoms with Crippen LogP contribution in [0.1, 0.15) is 12.6 Å². The highest BCUT2D eigenvalue weighted by atomic mass is 32.1. The first kappa shape index (κ1) is 13.2. The lowest BCUT2D eigenvalue weighted by atomic mass is 10.2. The predicted molar refractivity (Wildman–Crippen MR) is 85.4 cm³/mol. The number of aryl methyl sites for hydroxylation is 1. The van der Waals surface area contributed by atoms with Crippen LogP contribution in [-0.4, -0.2) is 22.2 Å². The van der Waals surface area contributed by atoms with Gasteiger partial charge in [0.05, 0.1) is 10.6 Å². The van der Waals surface area contributed by atoms with E-state index in [-0.39, 0.29) is 0 Å². The van der Waals surface area contributed by atoms with Crippen LogP contribution in [0.3, 0.4) is 0 Å². The van der Waals surface area contributed by atoms with E-state index in [1.165, 1.54) is 0 Å². The zero-order valence-corrected chi connectivity index (χ0v) is 12.9. The van der Waals surface area contributed by atoms with Crippen LogP contribution in [-0.2, 0) is 6.42 Å². The van der Waals surface area contributed by atoms with Crippen LogP contribution in [0.2, 0.25) is 0 Å². The lowest BCUT2D eigenvalue weighted by Crippen LogP contribution is -1.85. The van der Waals surface area contributed by atoms with Crippen LogP contribution in [0, 0.1) is 0 Å². The van der Waals surface area contributed by atoms with E-state index in [1.54, 1.807) is 22.7 Å². The number of nitrogens with one attached hydrogen (secondary N) is 1. The molecule has 20 heavy (non-hydrogen) atoms. The summed E-state index contributed by atoms with van der Waals surface area (Å²) in [6.07, 6.45) is 0.896. The standard InChI is InChI=1S/C14H14N4S2/c1-3-10-11(13-17-18-14(15-2)20-13)19-12(16-10)9-7-5-4-6-8-9/h4-8H,3H2,1-2H3,(H,15,18). The molecular weight excluding hydrogens is 288 g/mol. The fourth-order valence-electron chi connectivity index (χ4n) is 1.88. The molecule has 1 aromatic carbocycles. The van der Waals surface area contributed by atoms with Crippen molar-refractivity contribution in [3.8, 4) is 20.5 Å².